The van der Waals surface area contributed by atoms with Gasteiger partial charge in [-0.05, 0) is 47.9 Å². The smallest absolute Gasteiger partial charge is 0.0902 e. The number of hydrogen-bond donors (Lipinski definition) is 1. The second-order valence-corrected chi connectivity index (χ2v) is 6.75. The lowest BCUT2D eigenvalue weighted by Crippen LogP contribution is -2.29. The van der Waals surface area contributed by atoms with Crippen LogP contribution in [-0.4, -0.2) is 11.4 Å². The third-order valence-corrected chi connectivity index (χ3v) is 5.25. The van der Waals surface area contributed by atoms with Gasteiger partial charge in [0.2, 0.25) is 0 Å². The molecule has 1 aliphatic rings. The van der Waals surface area contributed by atoms with Gasteiger partial charge in [-0.15, -0.1) is 11.8 Å². The summed E-state index contributed by atoms with van der Waals surface area (Å²) in [7, 11) is 0. The second kappa shape index (κ2) is 6.25. The first-order valence-corrected chi connectivity index (χ1v) is 8.92. The Hall–Kier alpha value is -1.25. The summed E-state index contributed by atoms with van der Waals surface area (Å²) in [6.45, 7) is 0. The predicted molar refractivity (Wildman–Crippen MR) is 90.6 cm³/mol. The third kappa shape index (κ3) is 3.02. The van der Waals surface area contributed by atoms with Crippen molar-refractivity contribution in [3.8, 4) is 11.1 Å². The Labute approximate surface area is 131 Å². The number of aliphatic hydroxyl groups is 1. The van der Waals surface area contributed by atoms with E-state index in [1.807, 2.05) is 6.07 Å². The van der Waals surface area contributed by atoms with Crippen molar-refractivity contribution in [1.29, 1.82) is 0 Å². The quantitative estimate of drug-likeness (QED) is 0.783. The van der Waals surface area contributed by atoms with Gasteiger partial charge in [-0.1, -0.05) is 55.7 Å². The summed E-state index contributed by atoms with van der Waals surface area (Å²) in [5.41, 5.74) is 2.83. The molecule has 0 spiro atoms. The van der Waals surface area contributed by atoms with E-state index in [-0.39, 0.29) is 0 Å². The zero-order chi connectivity index (χ0) is 14.7. The van der Waals surface area contributed by atoms with Crippen LogP contribution in [0.1, 0.15) is 37.7 Å². The maximum atomic E-state index is 11.1. The highest BCUT2D eigenvalue weighted by Gasteiger charge is 2.33. The molecular weight excluding hydrogens is 276 g/mol. The monoisotopic (exact) mass is 298 g/mol. The zero-order valence-electron chi connectivity index (χ0n) is 12.5. The molecule has 1 fully saturated rings. The van der Waals surface area contributed by atoms with Gasteiger partial charge in [-0.3, -0.25) is 0 Å². The first-order chi connectivity index (χ1) is 10.2. The molecular formula is C19H22OS. The predicted octanol–water partition coefficient (Wildman–Crippen LogP) is 5.23. The molecule has 1 nitrogen and oxygen atoms in total. The van der Waals surface area contributed by atoms with Gasteiger partial charge in [-0.25, -0.2) is 0 Å². The van der Waals surface area contributed by atoms with Gasteiger partial charge in [-0.2, -0.15) is 0 Å². The van der Waals surface area contributed by atoms with Gasteiger partial charge in [0.1, 0.15) is 0 Å². The normalized spacial score (nSPS) is 17.6. The van der Waals surface area contributed by atoms with Crippen molar-refractivity contribution in [1.82, 2.24) is 0 Å². The van der Waals surface area contributed by atoms with Gasteiger partial charge in [0.15, 0.2) is 0 Å². The molecule has 0 bridgehead atoms. The third-order valence-electron chi connectivity index (χ3n) is 4.51. The van der Waals surface area contributed by atoms with E-state index < -0.39 is 5.60 Å². The SMILES string of the molecule is CSc1ccc(-c2ccccc2C2(O)CCCCC2)cc1. The minimum Gasteiger partial charge on any atom is -0.385 e. The van der Waals surface area contributed by atoms with Crippen LogP contribution in [0.5, 0.6) is 0 Å². The molecule has 110 valence electrons. The molecule has 0 saturated heterocycles. The van der Waals surface area contributed by atoms with Crippen LogP contribution in [0, 0.1) is 0 Å². The molecule has 1 aliphatic carbocycles. The molecule has 0 atom stereocenters. The molecule has 0 unspecified atom stereocenters. The maximum Gasteiger partial charge on any atom is 0.0902 e. The highest BCUT2D eigenvalue weighted by atomic mass is 32.2. The van der Waals surface area contributed by atoms with E-state index in [9.17, 15) is 5.11 Å². The van der Waals surface area contributed by atoms with Crippen molar-refractivity contribution in [2.75, 3.05) is 6.26 Å². The van der Waals surface area contributed by atoms with Crippen LogP contribution in [0.2, 0.25) is 0 Å². The van der Waals surface area contributed by atoms with E-state index in [0.29, 0.717) is 0 Å². The lowest BCUT2D eigenvalue weighted by atomic mass is 9.77. The van der Waals surface area contributed by atoms with Gasteiger partial charge < -0.3 is 5.11 Å². The van der Waals surface area contributed by atoms with Crippen LogP contribution in [0.25, 0.3) is 11.1 Å². The lowest BCUT2D eigenvalue weighted by Gasteiger charge is -2.34. The fourth-order valence-electron chi connectivity index (χ4n) is 3.32. The summed E-state index contributed by atoms with van der Waals surface area (Å²) in [6, 6.07) is 17.0. The fourth-order valence-corrected chi connectivity index (χ4v) is 3.73. The van der Waals surface area contributed by atoms with Crippen LogP contribution in [-0.2, 0) is 5.60 Å². The first kappa shape index (κ1) is 14.7. The molecule has 2 aromatic carbocycles. The zero-order valence-corrected chi connectivity index (χ0v) is 13.3. The Morgan fingerprint density at radius 2 is 1.57 bits per heavy atom. The van der Waals surface area contributed by atoms with E-state index in [1.54, 1.807) is 11.8 Å². The van der Waals surface area contributed by atoms with Gasteiger partial charge in [0.25, 0.3) is 0 Å². The minimum absolute atomic E-state index is 0.646. The van der Waals surface area contributed by atoms with E-state index in [4.69, 9.17) is 0 Å². The molecule has 0 heterocycles. The molecule has 2 aromatic rings. The van der Waals surface area contributed by atoms with E-state index >= 15 is 0 Å². The number of hydrogen-bond acceptors (Lipinski definition) is 2. The average Bonchev–Trinajstić information content (AvgIpc) is 2.56. The molecule has 1 saturated carbocycles. The summed E-state index contributed by atoms with van der Waals surface area (Å²) in [5.74, 6) is 0. The topological polar surface area (TPSA) is 20.2 Å². The molecule has 1 N–H and O–H groups in total. The van der Waals surface area contributed by atoms with Crippen molar-refractivity contribution in [2.24, 2.45) is 0 Å². The molecule has 21 heavy (non-hydrogen) atoms. The Morgan fingerprint density at radius 1 is 0.905 bits per heavy atom. The molecule has 0 aliphatic heterocycles. The number of benzene rings is 2. The van der Waals surface area contributed by atoms with Crippen molar-refractivity contribution < 1.29 is 5.11 Å². The van der Waals surface area contributed by atoms with Crippen molar-refractivity contribution in [3.63, 3.8) is 0 Å². The Balaban J connectivity index is 2.02. The summed E-state index contributed by atoms with van der Waals surface area (Å²) in [6.07, 6.45) is 7.34. The molecule has 0 amide bonds. The Kier molecular flexibility index (Phi) is 4.37. The van der Waals surface area contributed by atoms with Crippen molar-refractivity contribution >= 4 is 11.8 Å². The number of rotatable bonds is 3. The van der Waals surface area contributed by atoms with Crippen LogP contribution < -0.4 is 0 Å². The summed E-state index contributed by atoms with van der Waals surface area (Å²) >= 11 is 1.75. The second-order valence-electron chi connectivity index (χ2n) is 5.87. The maximum absolute atomic E-state index is 11.1. The lowest BCUT2D eigenvalue weighted by molar-refractivity contribution is -0.0000935. The van der Waals surface area contributed by atoms with Gasteiger partial charge >= 0.3 is 0 Å². The van der Waals surface area contributed by atoms with Gasteiger partial charge in [0.05, 0.1) is 5.60 Å². The standard InChI is InChI=1S/C19H22OS/c1-21-16-11-9-15(10-12-16)17-7-3-4-8-18(17)19(20)13-5-2-6-14-19/h3-4,7-12,20H,2,5-6,13-14H2,1H3. The fraction of sp³-hybridized carbons (Fsp3) is 0.368. The summed E-state index contributed by atoms with van der Waals surface area (Å²) in [4.78, 5) is 1.27. The van der Waals surface area contributed by atoms with E-state index in [0.717, 1.165) is 31.2 Å². The van der Waals surface area contributed by atoms with Crippen LogP contribution in [0.3, 0.4) is 0 Å². The summed E-state index contributed by atoms with van der Waals surface area (Å²) < 4.78 is 0. The Morgan fingerprint density at radius 3 is 2.24 bits per heavy atom. The van der Waals surface area contributed by atoms with Gasteiger partial charge in [0, 0.05) is 4.90 Å². The largest absolute Gasteiger partial charge is 0.385 e. The molecule has 0 aromatic heterocycles. The van der Waals surface area contributed by atoms with E-state index in [1.165, 1.54) is 22.4 Å². The molecule has 0 radical (unpaired) electrons. The van der Waals surface area contributed by atoms with E-state index in [2.05, 4.69) is 48.7 Å². The van der Waals surface area contributed by atoms with Crippen LogP contribution in [0.15, 0.2) is 53.4 Å². The first-order valence-electron chi connectivity index (χ1n) is 7.69. The van der Waals surface area contributed by atoms with Crippen LogP contribution in [0.4, 0.5) is 0 Å². The molecule has 3 rings (SSSR count). The highest BCUT2D eigenvalue weighted by molar-refractivity contribution is 7.98. The molecule has 2 heteroatoms. The van der Waals surface area contributed by atoms with Crippen molar-refractivity contribution in [3.05, 3.63) is 54.1 Å². The highest BCUT2D eigenvalue weighted by Crippen LogP contribution is 2.41. The Bertz CT molecular complexity index is 597. The van der Waals surface area contributed by atoms with Crippen molar-refractivity contribution in [2.45, 2.75) is 42.6 Å². The van der Waals surface area contributed by atoms with Crippen LogP contribution >= 0.6 is 11.8 Å². The number of thioether (sulfide) groups is 1. The average molecular weight is 298 g/mol. The summed E-state index contributed by atoms with van der Waals surface area (Å²) in [5, 5.41) is 11.1. The minimum atomic E-state index is -0.646.